The number of rotatable bonds is 6. The Labute approximate surface area is 229 Å². The number of piperazine rings is 1. The van der Waals surface area contributed by atoms with Crippen molar-refractivity contribution in [1.29, 1.82) is 0 Å². The summed E-state index contributed by atoms with van der Waals surface area (Å²) in [4.78, 5) is 37.2. The first kappa shape index (κ1) is 27.7. The number of hydrogen-bond acceptors (Lipinski definition) is 8. The summed E-state index contributed by atoms with van der Waals surface area (Å²) in [5.74, 6) is 0.862. The van der Waals surface area contributed by atoms with Crippen LogP contribution in [-0.4, -0.2) is 80.0 Å². The molecule has 1 aromatic carbocycles. The van der Waals surface area contributed by atoms with E-state index in [1.54, 1.807) is 17.2 Å². The van der Waals surface area contributed by atoms with Gasteiger partial charge in [-0.25, -0.2) is 9.78 Å². The van der Waals surface area contributed by atoms with E-state index in [1.807, 2.05) is 4.90 Å². The van der Waals surface area contributed by atoms with Gasteiger partial charge in [0.2, 0.25) is 17.7 Å². The average Bonchev–Trinajstić information content (AvgIpc) is 2.94. The Balaban J connectivity index is 1.16. The highest BCUT2D eigenvalue weighted by Gasteiger charge is 2.32. The summed E-state index contributed by atoms with van der Waals surface area (Å²) in [5.41, 5.74) is -0.526. The maximum absolute atomic E-state index is 13.4. The second kappa shape index (κ2) is 12.1. The molecule has 3 heterocycles. The smallest absolute Gasteiger partial charge is 0.416 e. The molecule has 3 amide bonds. The van der Waals surface area contributed by atoms with Gasteiger partial charge in [0.05, 0.1) is 36.7 Å². The molecule has 0 unspecified atom stereocenters. The number of aromatic nitrogens is 2. The van der Waals surface area contributed by atoms with E-state index in [-0.39, 0.29) is 30.3 Å². The third-order valence-electron chi connectivity index (χ3n) is 7.16. The van der Waals surface area contributed by atoms with Gasteiger partial charge in [-0.2, -0.15) is 18.2 Å². The van der Waals surface area contributed by atoms with Crippen LogP contribution < -0.4 is 30.5 Å². The normalized spacial score (nSPS) is 21.9. The number of carbonyl (C=O) groups is 2. The molecular formula is C26H32F3N7O4. The number of hydrogen-bond donors (Lipinski definition) is 3. The van der Waals surface area contributed by atoms with E-state index in [2.05, 4.69) is 25.9 Å². The summed E-state index contributed by atoms with van der Waals surface area (Å²) < 4.78 is 51.6. The fourth-order valence-electron chi connectivity index (χ4n) is 5.09. The lowest BCUT2D eigenvalue weighted by molar-refractivity contribution is -0.137. The molecule has 1 saturated carbocycles. The quantitative estimate of drug-likeness (QED) is 0.491. The molecule has 2 aliphatic heterocycles. The molecule has 1 aliphatic carbocycles. The van der Waals surface area contributed by atoms with Gasteiger partial charge in [0, 0.05) is 44.5 Å². The van der Waals surface area contributed by atoms with E-state index in [0.29, 0.717) is 69.5 Å². The zero-order chi connectivity index (χ0) is 28.1. The number of amides is 3. The van der Waals surface area contributed by atoms with Crippen LogP contribution in [0.3, 0.4) is 0 Å². The Morgan fingerprint density at radius 3 is 2.58 bits per heavy atom. The summed E-state index contributed by atoms with van der Waals surface area (Å²) in [6, 6.07) is 4.10. The van der Waals surface area contributed by atoms with Crippen molar-refractivity contribution in [2.75, 3.05) is 61.1 Å². The number of nitrogens with zero attached hydrogens (tertiary/aromatic N) is 4. The van der Waals surface area contributed by atoms with Gasteiger partial charge in [-0.1, -0.05) is 0 Å². The second-order valence-electron chi connectivity index (χ2n) is 9.99. The lowest BCUT2D eigenvalue weighted by Crippen LogP contribution is -2.48. The predicted octanol–water partition coefficient (Wildman–Crippen LogP) is 2.78. The van der Waals surface area contributed by atoms with Crippen LogP contribution in [0.2, 0.25) is 0 Å². The molecule has 2 saturated heterocycles. The molecule has 5 rings (SSSR count). The van der Waals surface area contributed by atoms with E-state index in [4.69, 9.17) is 9.47 Å². The van der Waals surface area contributed by atoms with E-state index >= 15 is 0 Å². The highest BCUT2D eigenvalue weighted by Crippen LogP contribution is 2.36. The molecule has 0 spiro atoms. The van der Waals surface area contributed by atoms with E-state index in [9.17, 15) is 22.8 Å². The molecule has 2 aromatic rings. The molecule has 1 aromatic heterocycles. The molecule has 14 heteroatoms. The van der Waals surface area contributed by atoms with Gasteiger partial charge in [-0.15, -0.1) is 0 Å². The van der Waals surface area contributed by atoms with E-state index in [1.165, 1.54) is 6.07 Å². The van der Waals surface area contributed by atoms with E-state index < -0.39 is 17.8 Å². The standard InChI is InChI=1S/C26H32F3N7O4/c27-26(28,29)17-1-6-21(36-10-9-30-22(37)16-36)20(15-17)33-25(38)32-18-2-4-19(5-3-18)40-23-7-8-31-24(34-23)35-11-13-39-14-12-35/h1,6-8,15,18-19H,2-5,9-14,16H2,(H,30,37)(H2,32,33,38)/t18-,19-. The van der Waals surface area contributed by atoms with Gasteiger partial charge in [0.1, 0.15) is 6.10 Å². The predicted molar refractivity (Wildman–Crippen MR) is 141 cm³/mol. The fourth-order valence-corrected chi connectivity index (χ4v) is 5.09. The Bertz CT molecular complexity index is 1200. The highest BCUT2D eigenvalue weighted by atomic mass is 19.4. The molecule has 3 fully saturated rings. The first-order valence-corrected chi connectivity index (χ1v) is 13.4. The maximum Gasteiger partial charge on any atom is 0.416 e. The summed E-state index contributed by atoms with van der Waals surface area (Å²) in [7, 11) is 0. The molecule has 3 N–H and O–H groups in total. The summed E-state index contributed by atoms with van der Waals surface area (Å²) in [6.07, 6.45) is -0.339. The SMILES string of the molecule is O=C1CN(c2ccc(C(F)(F)F)cc2NC(=O)N[C@H]2CC[C@H](Oc3ccnc(N4CCOCC4)n3)CC2)CCN1. The van der Waals surface area contributed by atoms with Gasteiger partial charge in [0.15, 0.2) is 0 Å². The summed E-state index contributed by atoms with van der Waals surface area (Å²) in [5, 5.41) is 8.14. The molecule has 0 radical (unpaired) electrons. The number of benzene rings is 1. The Hall–Kier alpha value is -3.81. The number of nitrogens with one attached hydrogen (secondary N) is 3. The number of morpholine rings is 1. The van der Waals surface area contributed by atoms with Crippen molar-refractivity contribution in [3.8, 4) is 5.88 Å². The zero-order valence-corrected chi connectivity index (χ0v) is 21.9. The van der Waals surface area contributed by atoms with Crippen molar-refractivity contribution in [2.24, 2.45) is 0 Å². The lowest BCUT2D eigenvalue weighted by Gasteiger charge is -2.31. The number of alkyl halides is 3. The van der Waals surface area contributed by atoms with Crippen LogP contribution in [0.4, 0.5) is 35.3 Å². The molecule has 40 heavy (non-hydrogen) atoms. The van der Waals surface area contributed by atoms with Crippen molar-refractivity contribution in [3.63, 3.8) is 0 Å². The number of anilines is 3. The van der Waals surface area contributed by atoms with Gasteiger partial charge in [0.25, 0.3) is 0 Å². The van der Waals surface area contributed by atoms with Gasteiger partial charge in [-0.3, -0.25) is 4.79 Å². The van der Waals surface area contributed by atoms with Crippen molar-refractivity contribution < 1.29 is 32.2 Å². The van der Waals surface area contributed by atoms with Gasteiger partial charge < -0.3 is 35.2 Å². The van der Waals surface area contributed by atoms with Crippen molar-refractivity contribution in [2.45, 2.75) is 44.0 Å². The average molecular weight is 564 g/mol. The van der Waals surface area contributed by atoms with Crippen LogP contribution in [0.15, 0.2) is 30.5 Å². The molecule has 0 bridgehead atoms. The maximum atomic E-state index is 13.4. The van der Waals surface area contributed by atoms with Crippen LogP contribution in [0.1, 0.15) is 31.2 Å². The molecule has 11 nitrogen and oxygen atoms in total. The third-order valence-corrected chi connectivity index (χ3v) is 7.16. The lowest BCUT2D eigenvalue weighted by atomic mass is 9.93. The van der Waals surface area contributed by atoms with E-state index in [0.717, 1.165) is 25.2 Å². The number of ether oxygens (including phenoxy) is 2. The third kappa shape index (κ3) is 7.03. The second-order valence-corrected chi connectivity index (χ2v) is 9.99. The van der Waals surface area contributed by atoms with Crippen LogP contribution in [0.25, 0.3) is 0 Å². The molecule has 3 aliphatic rings. The Kier molecular flexibility index (Phi) is 8.43. The van der Waals surface area contributed by atoms with Crippen LogP contribution in [0.5, 0.6) is 5.88 Å². The highest BCUT2D eigenvalue weighted by molar-refractivity contribution is 5.94. The monoisotopic (exact) mass is 563 g/mol. The van der Waals surface area contributed by atoms with Gasteiger partial charge >= 0.3 is 12.2 Å². The first-order chi connectivity index (χ1) is 19.2. The number of carbonyl (C=O) groups excluding carboxylic acids is 2. The Morgan fingerprint density at radius 1 is 1.07 bits per heavy atom. The van der Waals surface area contributed by atoms with Crippen LogP contribution >= 0.6 is 0 Å². The number of halogens is 3. The summed E-state index contributed by atoms with van der Waals surface area (Å²) >= 11 is 0. The molecule has 0 atom stereocenters. The largest absolute Gasteiger partial charge is 0.474 e. The van der Waals surface area contributed by atoms with Gasteiger partial charge in [-0.05, 0) is 43.9 Å². The van der Waals surface area contributed by atoms with Crippen molar-refractivity contribution >= 4 is 29.3 Å². The van der Waals surface area contributed by atoms with Crippen molar-refractivity contribution in [1.82, 2.24) is 20.6 Å². The first-order valence-electron chi connectivity index (χ1n) is 13.4. The minimum atomic E-state index is -4.57. The number of urea groups is 1. The van der Waals surface area contributed by atoms with Crippen LogP contribution in [-0.2, 0) is 15.7 Å². The zero-order valence-electron chi connectivity index (χ0n) is 21.9. The summed E-state index contributed by atoms with van der Waals surface area (Å²) in [6.45, 7) is 3.46. The van der Waals surface area contributed by atoms with Crippen LogP contribution in [0, 0.1) is 0 Å². The topological polar surface area (TPSA) is 121 Å². The van der Waals surface area contributed by atoms with Crippen molar-refractivity contribution in [3.05, 3.63) is 36.0 Å². The molecule has 216 valence electrons. The minimum absolute atomic E-state index is 0.00104. The fraction of sp³-hybridized carbons (Fsp3) is 0.538. The minimum Gasteiger partial charge on any atom is -0.474 e. The Morgan fingerprint density at radius 2 is 1.85 bits per heavy atom. The molecular weight excluding hydrogens is 531 g/mol.